The summed E-state index contributed by atoms with van der Waals surface area (Å²) in [4.78, 5) is 0. The van der Waals surface area contributed by atoms with Gasteiger partial charge in [0.05, 0.1) is 0 Å². The molecule has 0 aromatic heterocycles. The molecule has 2 saturated carbocycles. The van der Waals surface area contributed by atoms with E-state index in [-0.39, 0.29) is 0 Å². The first-order valence-electron chi connectivity index (χ1n) is 4.29. The Hall–Kier alpha value is 0. The van der Waals surface area contributed by atoms with Crippen molar-refractivity contribution in [1.82, 2.24) is 0 Å². The zero-order valence-electron chi connectivity index (χ0n) is 6.43. The lowest BCUT2D eigenvalue weighted by Gasteiger charge is -2.40. The molecular weight excluding hydrogens is 108 g/mol. The highest BCUT2D eigenvalue weighted by molar-refractivity contribution is 4.94. The minimum atomic E-state index is 1.05. The predicted molar refractivity (Wildman–Crippen MR) is 39.2 cm³/mol. The second-order valence-corrected chi connectivity index (χ2v) is 4.11. The van der Waals surface area contributed by atoms with E-state index < -0.39 is 0 Å². The maximum Gasteiger partial charge on any atom is -0.0334 e. The van der Waals surface area contributed by atoms with Crippen molar-refractivity contribution in [3.63, 3.8) is 0 Å². The van der Waals surface area contributed by atoms with Gasteiger partial charge in [-0.1, -0.05) is 20.3 Å². The Kier molecular flexibility index (Phi) is 1.12. The van der Waals surface area contributed by atoms with Gasteiger partial charge < -0.3 is 0 Å². The van der Waals surface area contributed by atoms with Crippen LogP contribution in [0.2, 0.25) is 0 Å². The molecule has 0 bridgehead atoms. The fraction of sp³-hybridized carbons (Fsp3) is 1.00. The second kappa shape index (κ2) is 1.74. The highest BCUT2D eigenvalue weighted by Crippen LogP contribution is 2.53. The van der Waals surface area contributed by atoms with Crippen molar-refractivity contribution in [2.75, 3.05) is 0 Å². The fourth-order valence-electron chi connectivity index (χ4n) is 3.07. The SMILES string of the molecule is CC1CCC2C[C@H](C)[C@H]12. The molecule has 0 spiro atoms. The van der Waals surface area contributed by atoms with Gasteiger partial charge in [0.25, 0.3) is 0 Å². The van der Waals surface area contributed by atoms with E-state index in [2.05, 4.69) is 13.8 Å². The number of rotatable bonds is 0. The van der Waals surface area contributed by atoms with Crippen LogP contribution in [0.25, 0.3) is 0 Å². The quantitative estimate of drug-likeness (QED) is 0.465. The highest BCUT2D eigenvalue weighted by Gasteiger charge is 2.44. The summed E-state index contributed by atoms with van der Waals surface area (Å²) >= 11 is 0. The van der Waals surface area contributed by atoms with Crippen LogP contribution in [0.15, 0.2) is 0 Å². The smallest absolute Gasteiger partial charge is 0.0334 e. The second-order valence-electron chi connectivity index (χ2n) is 4.11. The van der Waals surface area contributed by atoms with Crippen LogP contribution in [-0.2, 0) is 0 Å². The third kappa shape index (κ3) is 0.653. The van der Waals surface area contributed by atoms with E-state index in [0.717, 1.165) is 23.7 Å². The summed E-state index contributed by atoms with van der Waals surface area (Å²) in [6.07, 6.45) is 4.59. The van der Waals surface area contributed by atoms with Gasteiger partial charge in [-0.05, 0) is 36.5 Å². The van der Waals surface area contributed by atoms with Crippen molar-refractivity contribution in [2.45, 2.75) is 33.1 Å². The normalized spacial score (nSPS) is 56.7. The Morgan fingerprint density at radius 2 is 1.78 bits per heavy atom. The molecule has 0 aromatic carbocycles. The van der Waals surface area contributed by atoms with Gasteiger partial charge in [0.2, 0.25) is 0 Å². The van der Waals surface area contributed by atoms with Crippen molar-refractivity contribution >= 4 is 0 Å². The predicted octanol–water partition coefficient (Wildman–Crippen LogP) is 2.69. The lowest BCUT2D eigenvalue weighted by atomic mass is 9.65. The van der Waals surface area contributed by atoms with Gasteiger partial charge >= 0.3 is 0 Å². The molecule has 52 valence electrons. The first kappa shape index (κ1) is 5.76. The first-order chi connectivity index (χ1) is 4.29. The molecule has 0 aliphatic heterocycles. The van der Waals surface area contributed by atoms with Crippen LogP contribution in [0.1, 0.15) is 33.1 Å². The maximum atomic E-state index is 2.43. The summed E-state index contributed by atoms with van der Waals surface area (Å²) in [5.74, 6) is 4.39. The van der Waals surface area contributed by atoms with Crippen molar-refractivity contribution in [3.05, 3.63) is 0 Å². The van der Waals surface area contributed by atoms with Crippen molar-refractivity contribution in [3.8, 4) is 0 Å². The average molecular weight is 124 g/mol. The third-order valence-electron chi connectivity index (χ3n) is 3.53. The summed E-state index contributed by atoms with van der Waals surface area (Å²) in [5, 5.41) is 0. The lowest BCUT2D eigenvalue weighted by Crippen LogP contribution is -2.33. The standard InChI is InChI=1S/C9H16/c1-6-3-4-8-5-7(2)9(6)8/h6-9H,3-5H2,1-2H3/t6?,7-,8?,9-/m0/s1. The molecule has 2 aliphatic rings. The van der Waals surface area contributed by atoms with Gasteiger partial charge in [-0.3, -0.25) is 0 Å². The van der Waals surface area contributed by atoms with Crippen LogP contribution in [0.3, 0.4) is 0 Å². The number of fused-ring (bicyclic) bond motifs is 1. The number of hydrogen-bond donors (Lipinski definition) is 0. The van der Waals surface area contributed by atoms with Crippen LogP contribution < -0.4 is 0 Å². The zero-order valence-corrected chi connectivity index (χ0v) is 6.43. The highest BCUT2D eigenvalue weighted by atomic mass is 14.5. The lowest BCUT2D eigenvalue weighted by molar-refractivity contribution is 0.0890. The van der Waals surface area contributed by atoms with Crippen molar-refractivity contribution < 1.29 is 0 Å². The third-order valence-corrected chi connectivity index (χ3v) is 3.53. The molecule has 2 rings (SSSR count). The van der Waals surface area contributed by atoms with E-state index in [1.165, 1.54) is 19.3 Å². The van der Waals surface area contributed by atoms with E-state index >= 15 is 0 Å². The molecule has 0 saturated heterocycles. The molecule has 2 unspecified atom stereocenters. The Labute approximate surface area is 57.6 Å². The van der Waals surface area contributed by atoms with Gasteiger partial charge in [-0.25, -0.2) is 0 Å². The van der Waals surface area contributed by atoms with E-state index in [4.69, 9.17) is 0 Å². The van der Waals surface area contributed by atoms with Gasteiger partial charge in [0.15, 0.2) is 0 Å². The molecule has 2 fully saturated rings. The topological polar surface area (TPSA) is 0 Å². The average Bonchev–Trinajstić information content (AvgIpc) is 2.04. The summed E-state index contributed by atoms with van der Waals surface area (Å²) in [6, 6.07) is 0. The fourth-order valence-corrected chi connectivity index (χ4v) is 3.07. The minimum Gasteiger partial charge on any atom is -0.0622 e. The molecule has 0 heterocycles. The first-order valence-corrected chi connectivity index (χ1v) is 4.29. The van der Waals surface area contributed by atoms with E-state index in [1.54, 1.807) is 0 Å². The Balaban J connectivity index is 2.06. The largest absolute Gasteiger partial charge is 0.0622 e. The Bertz CT molecular complexity index is 108. The van der Waals surface area contributed by atoms with Gasteiger partial charge in [-0.2, -0.15) is 0 Å². The molecule has 0 aromatic rings. The summed E-state index contributed by atoms with van der Waals surface area (Å²) in [5.41, 5.74) is 0. The molecule has 0 nitrogen and oxygen atoms in total. The molecule has 2 aliphatic carbocycles. The van der Waals surface area contributed by atoms with Crippen LogP contribution in [-0.4, -0.2) is 0 Å². The van der Waals surface area contributed by atoms with Crippen LogP contribution in [0.4, 0.5) is 0 Å². The monoisotopic (exact) mass is 124 g/mol. The summed E-state index contributed by atoms with van der Waals surface area (Å²) in [7, 11) is 0. The molecule has 0 heteroatoms. The molecule has 4 atom stereocenters. The maximum absolute atomic E-state index is 2.43. The van der Waals surface area contributed by atoms with E-state index in [0.29, 0.717) is 0 Å². The minimum absolute atomic E-state index is 1.05. The van der Waals surface area contributed by atoms with Crippen LogP contribution in [0.5, 0.6) is 0 Å². The van der Waals surface area contributed by atoms with E-state index in [1.807, 2.05) is 0 Å². The van der Waals surface area contributed by atoms with Gasteiger partial charge in [-0.15, -0.1) is 0 Å². The molecular formula is C9H16. The summed E-state index contributed by atoms with van der Waals surface area (Å²) in [6.45, 7) is 4.85. The van der Waals surface area contributed by atoms with Crippen LogP contribution >= 0.6 is 0 Å². The Morgan fingerprint density at radius 1 is 1.00 bits per heavy atom. The van der Waals surface area contributed by atoms with E-state index in [9.17, 15) is 0 Å². The van der Waals surface area contributed by atoms with Gasteiger partial charge in [0.1, 0.15) is 0 Å². The van der Waals surface area contributed by atoms with Crippen molar-refractivity contribution in [1.29, 1.82) is 0 Å². The molecule has 0 amide bonds. The van der Waals surface area contributed by atoms with Gasteiger partial charge in [0, 0.05) is 0 Å². The molecule has 0 radical (unpaired) electrons. The molecule has 9 heavy (non-hydrogen) atoms. The Morgan fingerprint density at radius 3 is 2.22 bits per heavy atom. The number of hydrogen-bond acceptors (Lipinski definition) is 0. The zero-order chi connectivity index (χ0) is 6.43. The van der Waals surface area contributed by atoms with Crippen LogP contribution in [0, 0.1) is 23.7 Å². The molecule has 0 N–H and O–H groups in total. The summed E-state index contributed by atoms with van der Waals surface area (Å²) < 4.78 is 0. The van der Waals surface area contributed by atoms with Crippen molar-refractivity contribution in [2.24, 2.45) is 23.7 Å².